The molecule has 16 heavy (non-hydrogen) atoms. The van der Waals surface area contributed by atoms with Gasteiger partial charge < -0.3 is 5.73 Å². The lowest BCUT2D eigenvalue weighted by Crippen LogP contribution is -2.55. The summed E-state index contributed by atoms with van der Waals surface area (Å²) in [7, 11) is 0. The Kier molecular flexibility index (Phi) is 4.42. The molecule has 1 aliphatic rings. The molecule has 1 unspecified atom stereocenters. The number of hydrogen-bond donors (Lipinski definition) is 1. The molecule has 2 nitrogen and oxygen atoms in total. The van der Waals surface area contributed by atoms with Crippen molar-refractivity contribution < 1.29 is 0 Å². The molecule has 1 rings (SSSR count). The van der Waals surface area contributed by atoms with Gasteiger partial charge in [0.05, 0.1) is 0 Å². The van der Waals surface area contributed by atoms with E-state index >= 15 is 0 Å². The van der Waals surface area contributed by atoms with Crippen molar-refractivity contribution in [3.63, 3.8) is 0 Å². The fraction of sp³-hybridized carbons (Fsp3) is 1.00. The average molecular weight is 226 g/mol. The summed E-state index contributed by atoms with van der Waals surface area (Å²) in [6.45, 7) is 13.6. The first-order chi connectivity index (χ1) is 7.28. The highest BCUT2D eigenvalue weighted by atomic mass is 15.2. The van der Waals surface area contributed by atoms with Gasteiger partial charge in [0.25, 0.3) is 0 Å². The van der Waals surface area contributed by atoms with E-state index in [1.54, 1.807) is 0 Å². The molecular formula is C14H30N2. The Labute approximate surface area is 102 Å². The number of nitrogens with two attached hydrogens (primary N) is 1. The quantitative estimate of drug-likeness (QED) is 0.798. The lowest BCUT2D eigenvalue weighted by molar-refractivity contribution is 0.0599. The van der Waals surface area contributed by atoms with Crippen LogP contribution in [0.2, 0.25) is 0 Å². The van der Waals surface area contributed by atoms with Gasteiger partial charge in [-0.25, -0.2) is 0 Å². The average Bonchev–Trinajstić information content (AvgIpc) is 2.16. The number of piperidine rings is 1. The first-order valence-electron chi connectivity index (χ1n) is 6.81. The van der Waals surface area contributed by atoms with Crippen molar-refractivity contribution in [2.24, 2.45) is 11.1 Å². The van der Waals surface area contributed by atoms with E-state index in [0.29, 0.717) is 0 Å². The largest absolute Gasteiger partial charge is 0.325 e. The molecule has 96 valence electrons. The molecule has 0 amide bonds. The molecule has 0 aromatic rings. The third kappa shape index (κ3) is 3.21. The molecule has 0 radical (unpaired) electrons. The molecule has 1 aliphatic heterocycles. The fourth-order valence-electron chi connectivity index (χ4n) is 2.44. The zero-order valence-electron chi connectivity index (χ0n) is 11.8. The van der Waals surface area contributed by atoms with Crippen LogP contribution in [0.5, 0.6) is 0 Å². The van der Waals surface area contributed by atoms with Crippen molar-refractivity contribution in [3.05, 3.63) is 0 Å². The van der Waals surface area contributed by atoms with Crippen molar-refractivity contribution in [2.75, 3.05) is 13.1 Å². The van der Waals surface area contributed by atoms with Crippen LogP contribution >= 0.6 is 0 Å². The monoisotopic (exact) mass is 226 g/mol. The SMILES string of the molecule is CCC1CCCCN1CC(C)(C)C(C)(C)N. The molecule has 0 saturated carbocycles. The van der Waals surface area contributed by atoms with Gasteiger partial charge >= 0.3 is 0 Å². The fourth-order valence-corrected chi connectivity index (χ4v) is 2.44. The Morgan fingerprint density at radius 3 is 2.31 bits per heavy atom. The van der Waals surface area contributed by atoms with Gasteiger partial charge in [-0.15, -0.1) is 0 Å². The van der Waals surface area contributed by atoms with E-state index in [4.69, 9.17) is 5.73 Å². The predicted octanol–water partition coefficient (Wildman–Crippen LogP) is 3.01. The molecule has 0 aromatic heterocycles. The van der Waals surface area contributed by atoms with Crippen LogP contribution in [0.1, 0.15) is 60.3 Å². The first kappa shape index (κ1) is 14.0. The van der Waals surface area contributed by atoms with Crippen LogP contribution in [0.15, 0.2) is 0 Å². The molecule has 2 N–H and O–H groups in total. The predicted molar refractivity (Wildman–Crippen MR) is 71.6 cm³/mol. The second-order valence-electron chi connectivity index (χ2n) is 6.63. The standard InChI is InChI=1S/C14H30N2/c1-6-12-9-7-8-10-16(12)11-13(2,3)14(4,5)15/h12H,6-11,15H2,1-5H3. The lowest BCUT2D eigenvalue weighted by Gasteiger charge is -2.46. The lowest BCUT2D eigenvalue weighted by atomic mass is 9.74. The zero-order valence-corrected chi connectivity index (χ0v) is 11.8. The third-order valence-corrected chi connectivity index (χ3v) is 4.56. The zero-order chi connectivity index (χ0) is 12.4. The van der Waals surface area contributed by atoms with Gasteiger partial charge in [-0.2, -0.15) is 0 Å². The summed E-state index contributed by atoms with van der Waals surface area (Å²) in [5.41, 5.74) is 6.36. The summed E-state index contributed by atoms with van der Waals surface area (Å²) < 4.78 is 0. The molecule has 0 spiro atoms. The van der Waals surface area contributed by atoms with Gasteiger partial charge in [-0.3, -0.25) is 4.90 Å². The second-order valence-corrected chi connectivity index (χ2v) is 6.63. The van der Waals surface area contributed by atoms with Crippen LogP contribution in [0.3, 0.4) is 0 Å². The van der Waals surface area contributed by atoms with E-state index in [0.717, 1.165) is 12.6 Å². The van der Waals surface area contributed by atoms with Crippen molar-refractivity contribution in [3.8, 4) is 0 Å². The minimum atomic E-state index is -0.108. The van der Waals surface area contributed by atoms with Gasteiger partial charge in [0, 0.05) is 18.1 Å². The normalized spacial score (nSPS) is 24.8. The Morgan fingerprint density at radius 1 is 1.19 bits per heavy atom. The Balaban J connectivity index is 2.64. The molecule has 1 fully saturated rings. The van der Waals surface area contributed by atoms with E-state index in [9.17, 15) is 0 Å². The van der Waals surface area contributed by atoms with E-state index in [-0.39, 0.29) is 11.0 Å². The minimum Gasteiger partial charge on any atom is -0.325 e. The highest BCUT2D eigenvalue weighted by Crippen LogP contribution is 2.32. The molecular weight excluding hydrogens is 196 g/mol. The molecule has 1 atom stereocenters. The first-order valence-corrected chi connectivity index (χ1v) is 6.81. The highest BCUT2D eigenvalue weighted by Gasteiger charge is 2.36. The van der Waals surface area contributed by atoms with Crippen LogP contribution in [0.4, 0.5) is 0 Å². The van der Waals surface area contributed by atoms with Crippen LogP contribution < -0.4 is 5.73 Å². The number of rotatable bonds is 4. The van der Waals surface area contributed by atoms with E-state index in [1.807, 2.05) is 0 Å². The molecule has 0 aromatic carbocycles. The molecule has 1 saturated heterocycles. The molecule has 0 bridgehead atoms. The van der Waals surface area contributed by atoms with Crippen molar-refractivity contribution in [2.45, 2.75) is 71.9 Å². The van der Waals surface area contributed by atoms with Gasteiger partial charge in [-0.1, -0.05) is 27.2 Å². The highest BCUT2D eigenvalue weighted by molar-refractivity contribution is 4.93. The maximum absolute atomic E-state index is 6.29. The third-order valence-electron chi connectivity index (χ3n) is 4.56. The van der Waals surface area contributed by atoms with Crippen LogP contribution in [0, 0.1) is 5.41 Å². The Hall–Kier alpha value is -0.0800. The number of likely N-dealkylation sites (tertiary alicyclic amines) is 1. The summed E-state index contributed by atoms with van der Waals surface area (Å²) in [6, 6.07) is 0.787. The summed E-state index contributed by atoms with van der Waals surface area (Å²) in [5, 5.41) is 0. The minimum absolute atomic E-state index is 0.108. The number of hydrogen-bond acceptors (Lipinski definition) is 2. The maximum atomic E-state index is 6.29. The van der Waals surface area contributed by atoms with Crippen LogP contribution in [0.25, 0.3) is 0 Å². The molecule has 0 aliphatic carbocycles. The van der Waals surface area contributed by atoms with E-state index in [1.165, 1.54) is 32.2 Å². The van der Waals surface area contributed by atoms with Crippen molar-refractivity contribution in [1.29, 1.82) is 0 Å². The Bertz CT molecular complexity index is 215. The van der Waals surface area contributed by atoms with Crippen LogP contribution in [-0.2, 0) is 0 Å². The Morgan fingerprint density at radius 2 is 1.81 bits per heavy atom. The van der Waals surface area contributed by atoms with E-state index < -0.39 is 0 Å². The van der Waals surface area contributed by atoms with Gasteiger partial charge in [0.2, 0.25) is 0 Å². The van der Waals surface area contributed by atoms with E-state index in [2.05, 4.69) is 39.5 Å². The smallest absolute Gasteiger partial charge is 0.0161 e. The van der Waals surface area contributed by atoms with Crippen LogP contribution in [-0.4, -0.2) is 29.6 Å². The molecule has 1 heterocycles. The van der Waals surface area contributed by atoms with Crippen molar-refractivity contribution >= 4 is 0 Å². The maximum Gasteiger partial charge on any atom is 0.0161 e. The van der Waals surface area contributed by atoms with Crippen molar-refractivity contribution in [1.82, 2.24) is 4.90 Å². The topological polar surface area (TPSA) is 29.3 Å². The summed E-state index contributed by atoms with van der Waals surface area (Å²) in [6.07, 6.45) is 5.41. The summed E-state index contributed by atoms with van der Waals surface area (Å²) in [5.74, 6) is 0. The number of nitrogens with zero attached hydrogens (tertiary/aromatic N) is 1. The molecule has 2 heteroatoms. The van der Waals surface area contributed by atoms with Gasteiger partial charge in [0.15, 0.2) is 0 Å². The van der Waals surface area contributed by atoms with Gasteiger partial charge in [-0.05, 0) is 45.1 Å². The van der Waals surface area contributed by atoms with Gasteiger partial charge in [0.1, 0.15) is 0 Å². The second kappa shape index (κ2) is 5.05. The summed E-state index contributed by atoms with van der Waals surface area (Å²) >= 11 is 0. The summed E-state index contributed by atoms with van der Waals surface area (Å²) in [4.78, 5) is 2.66.